The average molecular weight is 652 g/mol. The summed E-state index contributed by atoms with van der Waals surface area (Å²) < 4.78 is 11.2. The minimum absolute atomic E-state index is 0.164. The standard InChI is InChI=1S/C36H49N3O6S/c1-11-26-19-15-16-20-27(26)30(31(40)37-29(33(42)44-35(4,5)6)23-25-17-13-12-14-18-25)39(24(2)3)32(41)28(21-22-46-10)38-34(43)45-36(7,8)9/h1,12-20,24,28-30H,21-23H2,2-10H3,(H,37,40)(H,38,43). The summed E-state index contributed by atoms with van der Waals surface area (Å²) in [6.07, 6.45) is 7.49. The average Bonchev–Trinajstić information content (AvgIpc) is 2.95. The quantitative estimate of drug-likeness (QED) is 0.212. The smallest absolute Gasteiger partial charge is 0.408 e. The first-order chi connectivity index (χ1) is 21.5. The van der Waals surface area contributed by atoms with E-state index in [4.69, 9.17) is 15.9 Å². The van der Waals surface area contributed by atoms with Gasteiger partial charge in [0.1, 0.15) is 29.3 Å². The van der Waals surface area contributed by atoms with Crippen molar-refractivity contribution in [2.45, 2.75) is 104 Å². The maximum Gasteiger partial charge on any atom is 0.408 e. The fourth-order valence-electron chi connectivity index (χ4n) is 4.75. The third-order valence-corrected chi connectivity index (χ3v) is 7.28. The fraction of sp³-hybridized carbons (Fsp3) is 0.500. The molecule has 3 atom stereocenters. The molecule has 0 saturated carbocycles. The topological polar surface area (TPSA) is 114 Å². The van der Waals surface area contributed by atoms with Crippen molar-refractivity contribution in [3.8, 4) is 12.3 Å². The lowest BCUT2D eigenvalue weighted by atomic mass is 9.95. The number of nitrogens with one attached hydrogen (secondary N) is 2. The Bertz CT molecular complexity index is 1370. The van der Waals surface area contributed by atoms with E-state index < -0.39 is 59.2 Å². The zero-order chi connectivity index (χ0) is 34.7. The molecule has 0 bridgehead atoms. The number of carbonyl (C=O) groups excluding carboxylic acids is 4. The highest BCUT2D eigenvalue weighted by Crippen LogP contribution is 2.29. The summed E-state index contributed by atoms with van der Waals surface area (Å²) in [5.41, 5.74) is 0.0595. The number of benzene rings is 2. The van der Waals surface area contributed by atoms with Crippen LogP contribution in [0.25, 0.3) is 0 Å². The molecule has 0 heterocycles. The van der Waals surface area contributed by atoms with Crippen molar-refractivity contribution in [3.63, 3.8) is 0 Å². The molecule has 2 aromatic carbocycles. The summed E-state index contributed by atoms with van der Waals surface area (Å²) >= 11 is 1.52. The Balaban J connectivity index is 2.64. The van der Waals surface area contributed by atoms with E-state index >= 15 is 0 Å². The number of carbonyl (C=O) groups is 4. The van der Waals surface area contributed by atoms with Crippen LogP contribution >= 0.6 is 11.8 Å². The summed E-state index contributed by atoms with van der Waals surface area (Å²) in [5.74, 6) is 1.48. The van der Waals surface area contributed by atoms with E-state index in [-0.39, 0.29) is 6.42 Å². The molecule has 9 nitrogen and oxygen atoms in total. The van der Waals surface area contributed by atoms with Crippen LogP contribution in [0.1, 0.15) is 84.5 Å². The van der Waals surface area contributed by atoms with Gasteiger partial charge in [0.05, 0.1) is 0 Å². The minimum atomic E-state index is -1.24. The lowest BCUT2D eigenvalue weighted by Gasteiger charge is -2.38. The van der Waals surface area contributed by atoms with E-state index in [0.29, 0.717) is 23.3 Å². The number of amides is 3. The molecule has 0 aliphatic heterocycles. The van der Waals surface area contributed by atoms with Gasteiger partial charge in [0.2, 0.25) is 11.8 Å². The summed E-state index contributed by atoms with van der Waals surface area (Å²) in [6.45, 7) is 14.0. The summed E-state index contributed by atoms with van der Waals surface area (Å²) in [4.78, 5) is 56.6. The number of terminal acetylenes is 1. The van der Waals surface area contributed by atoms with Crippen LogP contribution < -0.4 is 10.6 Å². The molecule has 10 heteroatoms. The van der Waals surface area contributed by atoms with Crippen molar-refractivity contribution in [2.24, 2.45) is 0 Å². The number of ether oxygens (including phenoxy) is 2. The van der Waals surface area contributed by atoms with E-state index in [9.17, 15) is 19.2 Å². The zero-order valence-corrected chi connectivity index (χ0v) is 29.3. The molecular formula is C36H49N3O6S. The van der Waals surface area contributed by atoms with Crippen molar-refractivity contribution < 1.29 is 28.7 Å². The molecule has 3 amide bonds. The summed E-state index contributed by atoms with van der Waals surface area (Å²) in [5, 5.41) is 5.61. The lowest BCUT2D eigenvalue weighted by Crippen LogP contribution is -2.57. The van der Waals surface area contributed by atoms with Crippen LogP contribution in [-0.2, 0) is 30.3 Å². The van der Waals surface area contributed by atoms with E-state index in [1.807, 2.05) is 36.6 Å². The largest absolute Gasteiger partial charge is 0.458 e. The molecule has 0 saturated heterocycles. The summed E-state index contributed by atoms with van der Waals surface area (Å²) in [6, 6.07) is 12.3. The van der Waals surface area contributed by atoms with Crippen molar-refractivity contribution in [3.05, 3.63) is 71.3 Å². The van der Waals surface area contributed by atoms with Crippen LogP contribution in [0.4, 0.5) is 4.79 Å². The second-order valence-corrected chi connectivity index (χ2v) is 14.2. The monoisotopic (exact) mass is 651 g/mol. The Kier molecular flexibility index (Phi) is 14.2. The van der Waals surface area contributed by atoms with Crippen molar-refractivity contribution in [1.29, 1.82) is 0 Å². The Morgan fingerprint density at radius 1 is 0.870 bits per heavy atom. The van der Waals surface area contributed by atoms with Crippen LogP contribution in [0.2, 0.25) is 0 Å². The number of hydrogen-bond acceptors (Lipinski definition) is 7. The van der Waals surface area contributed by atoms with E-state index in [2.05, 4.69) is 16.6 Å². The maximum absolute atomic E-state index is 14.5. The SMILES string of the molecule is C#Cc1ccccc1C(C(=O)NC(Cc1ccccc1)C(=O)OC(C)(C)C)N(C(=O)C(CCSC)NC(=O)OC(C)(C)C)C(C)C. The van der Waals surface area contributed by atoms with Gasteiger partial charge in [-0.15, -0.1) is 6.42 Å². The Labute approximate surface area is 278 Å². The molecule has 2 rings (SSSR count). The second kappa shape index (κ2) is 17.1. The highest BCUT2D eigenvalue weighted by molar-refractivity contribution is 7.98. The number of thioether (sulfide) groups is 1. The van der Waals surface area contributed by atoms with Gasteiger partial charge in [0.25, 0.3) is 0 Å². The van der Waals surface area contributed by atoms with Crippen molar-refractivity contribution in [1.82, 2.24) is 15.5 Å². The van der Waals surface area contributed by atoms with Gasteiger partial charge in [-0.25, -0.2) is 9.59 Å². The predicted octanol–water partition coefficient (Wildman–Crippen LogP) is 5.66. The Morgan fingerprint density at radius 3 is 2.00 bits per heavy atom. The lowest BCUT2D eigenvalue weighted by molar-refractivity contribution is -0.159. The van der Waals surface area contributed by atoms with Crippen LogP contribution in [0.15, 0.2) is 54.6 Å². The molecule has 3 unspecified atom stereocenters. The fourth-order valence-corrected chi connectivity index (χ4v) is 5.23. The van der Waals surface area contributed by atoms with Crippen LogP contribution in [0.5, 0.6) is 0 Å². The normalized spacial score (nSPS) is 13.5. The van der Waals surface area contributed by atoms with E-state index in [1.165, 1.54) is 16.7 Å². The molecule has 0 aromatic heterocycles. The number of alkyl carbamates (subject to hydrolysis) is 1. The molecule has 46 heavy (non-hydrogen) atoms. The Morgan fingerprint density at radius 2 is 1.46 bits per heavy atom. The molecule has 250 valence electrons. The number of nitrogens with zero attached hydrogens (tertiary/aromatic N) is 1. The second-order valence-electron chi connectivity index (χ2n) is 13.2. The van der Waals surface area contributed by atoms with Crippen molar-refractivity contribution in [2.75, 3.05) is 12.0 Å². The molecule has 0 aliphatic carbocycles. The third kappa shape index (κ3) is 12.1. The molecular weight excluding hydrogens is 602 g/mol. The van der Waals surface area contributed by atoms with Crippen molar-refractivity contribution >= 4 is 35.6 Å². The predicted molar refractivity (Wildman–Crippen MR) is 183 cm³/mol. The molecule has 2 aromatic rings. The van der Waals surface area contributed by atoms with Gasteiger partial charge in [-0.2, -0.15) is 11.8 Å². The number of hydrogen-bond donors (Lipinski definition) is 2. The van der Waals surface area contributed by atoms with Crippen LogP contribution in [0.3, 0.4) is 0 Å². The van der Waals surface area contributed by atoms with Gasteiger partial charge in [0, 0.05) is 18.0 Å². The van der Waals surface area contributed by atoms with Crippen LogP contribution in [0, 0.1) is 12.3 Å². The van der Waals surface area contributed by atoms with Gasteiger partial charge in [-0.1, -0.05) is 54.5 Å². The van der Waals surface area contributed by atoms with E-state index in [0.717, 1.165) is 5.56 Å². The van der Waals surface area contributed by atoms with Crippen LogP contribution in [-0.4, -0.2) is 70.1 Å². The maximum atomic E-state index is 14.5. The minimum Gasteiger partial charge on any atom is -0.458 e. The van der Waals surface area contributed by atoms with Gasteiger partial charge >= 0.3 is 12.1 Å². The molecule has 0 spiro atoms. The molecule has 0 aliphatic rings. The first kappa shape index (κ1) is 38.2. The van der Waals surface area contributed by atoms with Gasteiger partial charge in [-0.3, -0.25) is 9.59 Å². The Hall–Kier alpha value is -3.97. The molecule has 0 radical (unpaired) electrons. The number of esters is 1. The zero-order valence-electron chi connectivity index (χ0n) is 28.5. The highest BCUT2D eigenvalue weighted by atomic mass is 32.2. The first-order valence-electron chi connectivity index (χ1n) is 15.4. The van der Waals surface area contributed by atoms with Gasteiger partial charge < -0.3 is 25.0 Å². The molecule has 0 fully saturated rings. The highest BCUT2D eigenvalue weighted by Gasteiger charge is 2.40. The van der Waals surface area contributed by atoms with Gasteiger partial charge in [-0.05, 0) is 91.0 Å². The van der Waals surface area contributed by atoms with Gasteiger partial charge in [0.15, 0.2) is 0 Å². The summed E-state index contributed by atoms with van der Waals surface area (Å²) in [7, 11) is 0. The first-order valence-corrected chi connectivity index (χ1v) is 16.8. The number of rotatable bonds is 13. The molecule has 2 N–H and O–H groups in total. The third-order valence-electron chi connectivity index (χ3n) is 6.64. The van der Waals surface area contributed by atoms with E-state index in [1.54, 1.807) is 79.7 Å².